The molecular formula is C18H28N2O4. The van der Waals surface area contributed by atoms with E-state index < -0.39 is 6.04 Å². The van der Waals surface area contributed by atoms with Crippen LogP contribution < -0.4 is 20.5 Å². The van der Waals surface area contributed by atoms with Crippen LogP contribution in [-0.2, 0) is 9.53 Å². The average molecular weight is 336 g/mol. The second kappa shape index (κ2) is 8.89. The summed E-state index contributed by atoms with van der Waals surface area (Å²) < 4.78 is 16.4. The van der Waals surface area contributed by atoms with Gasteiger partial charge in [0.05, 0.1) is 25.9 Å². The topological polar surface area (TPSA) is 82.8 Å². The summed E-state index contributed by atoms with van der Waals surface area (Å²) in [6.45, 7) is 2.10. The van der Waals surface area contributed by atoms with Crippen LogP contribution in [0.25, 0.3) is 0 Å². The molecule has 3 N–H and O–H groups in total. The SMILES string of the molecule is COCC(N)C(=O)NC(C)c1ccc(OC2CCCC2)c(OC)c1. The molecule has 0 aromatic heterocycles. The number of benzene rings is 1. The van der Waals surface area contributed by atoms with E-state index in [1.54, 1.807) is 7.11 Å². The molecule has 2 unspecified atom stereocenters. The number of nitrogens with one attached hydrogen (secondary N) is 1. The molecule has 1 aliphatic rings. The first-order valence-electron chi connectivity index (χ1n) is 8.44. The van der Waals surface area contributed by atoms with Gasteiger partial charge < -0.3 is 25.3 Å². The minimum Gasteiger partial charge on any atom is -0.493 e. The lowest BCUT2D eigenvalue weighted by Gasteiger charge is -2.20. The van der Waals surface area contributed by atoms with Crippen LogP contribution in [0.5, 0.6) is 11.5 Å². The molecule has 1 aliphatic carbocycles. The molecular weight excluding hydrogens is 308 g/mol. The molecule has 1 aromatic rings. The number of hydrogen-bond acceptors (Lipinski definition) is 5. The fourth-order valence-electron chi connectivity index (χ4n) is 2.90. The highest BCUT2D eigenvalue weighted by molar-refractivity contribution is 5.82. The van der Waals surface area contributed by atoms with Gasteiger partial charge in [-0.15, -0.1) is 0 Å². The zero-order chi connectivity index (χ0) is 17.5. The van der Waals surface area contributed by atoms with Crippen molar-refractivity contribution in [2.45, 2.75) is 50.8 Å². The molecule has 1 fully saturated rings. The van der Waals surface area contributed by atoms with Crippen molar-refractivity contribution in [3.8, 4) is 11.5 Å². The van der Waals surface area contributed by atoms with Crippen molar-refractivity contribution in [1.29, 1.82) is 0 Å². The van der Waals surface area contributed by atoms with Crippen LogP contribution in [0.2, 0.25) is 0 Å². The van der Waals surface area contributed by atoms with Crippen molar-refractivity contribution >= 4 is 5.91 Å². The first kappa shape index (κ1) is 18.5. The molecule has 24 heavy (non-hydrogen) atoms. The molecule has 0 spiro atoms. The number of carbonyl (C=O) groups is 1. The molecule has 1 amide bonds. The summed E-state index contributed by atoms with van der Waals surface area (Å²) in [6.07, 6.45) is 4.89. The maximum atomic E-state index is 12.0. The normalized spacial score (nSPS) is 17.3. The monoisotopic (exact) mass is 336 g/mol. The van der Waals surface area contributed by atoms with E-state index in [0.717, 1.165) is 24.2 Å². The maximum absolute atomic E-state index is 12.0. The Morgan fingerprint density at radius 3 is 2.62 bits per heavy atom. The zero-order valence-electron chi connectivity index (χ0n) is 14.7. The van der Waals surface area contributed by atoms with Crippen LogP contribution in [0.4, 0.5) is 0 Å². The minimum absolute atomic E-state index is 0.185. The van der Waals surface area contributed by atoms with Crippen molar-refractivity contribution in [2.75, 3.05) is 20.8 Å². The van der Waals surface area contributed by atoms with Gasteiger partial charge in [-0.1, -0.05) is 6.07 Å². The molecule has 6 nitrogen and oxygen atoms in total. The standard InChI is InChI=1S/C18H28N2O4/c1-12(20-18(21)15(19)11-22-2)13-8-9-16(17(10-13)23-3)24-14-6-4-5-7-14/h8-10,12,14-15H,4-7,11,19H2,1-3H3,(H,20,21). The summed E-state index contributed by atoms with van der Waals surface area (Å²) in [5.41, 5.74) is 6.68. The van der Waals surface area contributed by atoms with Gasteiger partial charge in [0.15, 0.2) is 11.5 Å². The van der Waals surface area contributed by atoms with Gasteiger partial charge in [0.2, 0.25) is 5.91 Å². The van der Waals surface area contributed by atoms with E-state index in [4.69, 9.17) is 19.9 Å². The number of ether oxygens (including phenoxy) is 3. The Kier molecular flexibility index (Phi) is 6.87. The molecule has 0 aliphatic heterocycles. The highest BCUT2D eigenvalue weighted by Gasteiger charge is 2.20. The lowest BCUT2D eigenvalue weighted by atomic mass is 10.1. The summed E-state index contributed by atoms with van der Waals surface area (Å²) in [7, 11) is 3.14. The van der Waals surface area contributed by atoms with Crippen molar-refractivity contribution in [3.63, 3.8) is 0 Å². The smallest absolute Gasteiger partial charge is 0.239 e. The maximum Gasteiger partial charge on any atom is 0.239 e. The van der Waals surface area contributed by atoms with Gasteiger partial charge in [-0.2, -0.15) is 0 Å². The van der Waals surface area contributed by atoms with E-state index in [1.165, 1.54) is 20.0 Å². The third kappa shape index (κ3) is 4.85. The Morgan fingerprint density at radius 2 is 2.00 bits per heavy atom. The number of carbonyl (C=O) groups excluding carboxylic acids is 1. The van der Waals surface area contributed by atoms with Crippen LogP contribution in [0.15, 0.2) is 18.2 Å². The minimum atomic E-state index is -0.677. The summed E-state index contributed by atoms with van der Waals surface area (Å²) in [4.78, 5) is 12.0. The van der Waals surface area contributed by atoms with Crippen molar-refractivity contribution in [3.05, 3.63) is 23.8 Å². The number of nitrogens with two attached hydrogens (primary N) is 1. The van der Waals surface area contributed by atoms with Crippen LogP contribution in [0.3, 0.4) is 0 Å². The van der Waals surface area contributed by atoms with E-state index in [0.29, 0.717) is 5.75 Å². The Labute approximate surface area is 143 Å². The average Bonchev–Trinajstić information content (AvgIpc) is 3.08. The van der Waals surface area contributed by atoms with Crippen molar-refractivity contribution in [1.82, 2.24) is 5.32 Å². The Balaban J connectivity index is 2.03. The molecule has 0 radical (unpaired) electrons. The fraction of sp³-hybridized carbons (Fsp3) is 0.611. The third-order valence-corrected chi connectivity index (χ3v) is 4.33. The van der Waals surface area contributed by atoms with Gasteiger partial charge in [-0.05, 0) is 50.3 Å². The molecule has 0 heterocycles. The van der Waals surface area contributed by atoms with Gasteiger partial charge in [0, 0.05) is 7.11 Å². The first-order chi connectivity index (χ1) is 11.5. The molecule has 2 rings (SSSR count). The molecule has 2 atom stereocenters. The van der Waals surface area contributed by atoms with Crippen LogP contribution >= 0.6 is 0 Å². The Morgan fingerprint density at radius 1 is 1.29 bits per heavy atom. The lowest BCUT2D eigenvalue weighted by molar-refractivity contribution is -0.124. The quantitative estimate of drug-likeness (QED) is 0.760. The molecule has 6 heteroatoms. The molecule has 1 aromatic carbocycles. The number of rotatable bonds is 8. The Hall–Kier alpha value is -1.79. The van der Waals surface area contributed by atoms with Gasteiger partial charge in [-0.3, -0.25) is 4.79 Å². The highest BCUT2D eigenvalue weighted by atomic mass is 16.5. The van der Waals surface area contributed by atoms with Gasteiger partial charge in [0.1, 0.15) is 6.04 Å². The molecule has 134 valence electrons. The zero-order valence-corrected chi connectivity index (χ0v) is 14.7. The summed E-state index contributed by atoms with van der Waals surface area (Å²) >= 11 is 0. The van der Waals surface area contributed by atoms with Crippen LogP contribution in [0, 0.1) is 0 Å². The third-order valence-electron chi connectivity index (χ3n) is 4.33. The van der Waals surface area contributed by atoms with E-state index >= 15 is 0 Å². The summed E-state index contributed by atoms with van der Waals surface area (Å²) in [5, 5.41) is 2.88. The van der Waals surface area contributed by atoms with Crippen molar-refractivity contribution < 1.29 is 19.0 Å². The first-order valence-corrected chi connectivity index (χ1v) is 8.44. The number of methoxy groups -OCH3 is 2. The summed E-state index contributed by atoms with van der Waals surface area (Å²) in [5.74, 6) is 1.19. The van der Waals surface area contributed by atoms with Crippen molar-refractivity contribution in [2.24, 2.45) is 5.73 Å². The van der Waals surface area contributed by atoms with Gasteiger partial charge in [0.25, 0.3) is 0 Å². The van der Waals surface area contributed by atoms with E-state index in [-0.39, 0.29) is 24.7 Å². The van der Waals surface area contributed by atoms with Crippen LogP contribution in [-0.4, -0.2) is 38.9 Å². The second-order valence-electron chi connectivity index (χ2n) is 6.23. The van der Waals surface area contributed by atoms with E-state index in [1.807, 2.05) is 25.1 Å². The summed E-state index contributed by atoms with van der Waals surface area (Å²) in [6, 6.07) is 4.89. The predicted molar refractivity (Wildman–Crippen MR) is 92.3 cm³/mol. The molecule has 1 saturated carbocycles. The van der Waals surface area contributed by atoms with E-state index in [9.17, 15) is 4.79 Å². The lowest BCUT2D eigenvalue weighted by Crippen LogP contribution is -2.44. The fourth-order valence-corrected chi connectivity index (χ4v) is 2.90. The predicted octanol–water partition coefficient (Wildman–Crippen LogP) is 2.17. The number of amides is 1. The Bertz CT molecular complexity index is 544. The van der Waals surface area contributed by atoms with Gasteiger partial charge in [-0.25, -0.2) is 0 Å². The van der Waals surface area contributed by atoms with Crippen LogP contribution in [0.1, 0.15) is 44.2 Å². The van der Waals surface area contributed by atoms with Gasteiger partial charge >= 0.3 is 0 Å². The highest BCUT2D eigenvalue weighted by Crippen LogP contribution is 2.33. The largest absolute Gasteiger partial charge is 0.493 e. The van der Waals surface area contributed by atoms with E-state index in [2.05, 4.69) is 5.32 Å². The molecule has 0 bridgehead atoms. The molecule has 0 saturated heterocycles. The second-order valence-corrected chi connectivity index (χ2v) is 6.23. The number of hydrogen-bond donors (Lipinski definition) is 2.